The van der Waals surface area contributed by atoms with Gasteiger partial charge in [-0.1, -0.05) is 6.07 Å². The minimum Gasteiger partial charge on any atom is -0.504 e. The lowest BCUT2D eigenvalue weighted by Gasteiger charge is -2.62. The third kappa shape index (κ3) is 1.50. The van der Waals surface area contributed by atoms with Crippen LogP contribution in [0.3, 0.4) is 0 Å². The Morgan fingerprint density at radius 2 is 2.15 bits per heavy atom. The molecule has 1 aromatic carbocycles. The van der Waals surface area contributed by atoms with E-state index in [1.165, 1.54) is 18.9 Å². The zero-order chi connectivity index (χ0) is 17.9. The fourth-order valence-electron chi connectivity index (χ4n) is 6.52. The molecule has 136 valence electrons. The van der Waals surface area contributed by atoms with Crippen LogP contribution < -0.4 is 4.74 Å². The van der Waals surface area contributed by atoms with E-state index in [4.69, 9.17) is 4.74 Å². The van der Waals surface area contributed by atoms with Gasteiger partial charge in [0.1, 0.15) is 11.6 Å². The second kappa shape index (κ2) is 4.34. The lowest BCUT2D eigenvalue weighted by Crippen LogP contribution is -2.79. The predicted octanol–water partition coefficient (Wildman–Crippen LogP) is 1.45. The molecule has 0 amide bonds. The van der Waals surface area contributed by atoms with Crippen molar-refractivity contribution in [1.82, 2.24) is 0 Å². The van der Waals surface area contributed by atoms with Crippen LogP contribution in [-0.4, -0.2) is 58.4 Å². The van der Waals surface area contributed by atoms with E-state index < -0.39 is 17.1 Å². The summed E-state index contributed by atoms with van der Waals surface area (Å²) < 4.78 is 6.88. The number of hydrogen-bond acceptors (Lipinski definition) is 4. The number of ketones is 1. The molecule has 2 N–H and O–H groups in total. The first-order valence-electron chi connectivity index (χ1n) is 9.71. The molecule has 6 rings (SSSR count). The summed E-state index contributed by atoms with van der Waals surface area (Å²) in [7, 11) is 2.27. The van der Waals surface area contributed by atoms with Gasteiger partial charge < -0.3 is 19.4 Å². The van der Waals surface area contributed by atoms with E-state index in [0.29, 0.717) is 12.2 Å². The van der Waals surface area contributed by atoms with Gasteiger partial charge in [-0.05, 0) is 36.6 Å². The molecule has 1 saturated heterocycles. The molecule has 2 heterocycles. The third-order valence-electron chi connectivity index (χ3n) is 7.89. The van der Waals surface area contributed by atoms with Gasteiger partial charge in [-0.3, -0.25) is 4.79 Å². The molecular weight excluding hydrogens is 330 g/mol. The number of carbonyl (C=O) groups is 1. The molecule has 2 aliphatic heterocycles. The van der Waals surface area contributed by atoms with Crippen molar-refractivity contribution in [2.24, 2.45) is 5.92 Å². The number of quaternary nitrogens is 1. The number of aliphatic hydroxyl groups is 1. The monoisotopic (exact) mass is 354 g/mol. The summed E-state index contributed by atoms with van der Waals surface area (Å²) in [6.07, 6.45) is 6.57. The van der Waals surface area contributed by atoms with Crippen LogP contribution in [0.2, 0.25) is 0 Å². The van der Waals surface area contributed by atoms with Gasteiger partial charge in [0, 0.05) is 24.3 Å². The fourth-order valence-corrected chi connectivity index (χ4v) is 6.52. The average molecular weight is 354 g/mol. The Bertz CT molecular complexity index is 890. The Hall–Kier alpha value is -1.85. The van der Waals surface area contributed by atoms with Gasteiger partial charge in [0.2, 0.25) is 0 Å². The highest BCUT2D eigenvalue weighted by molar-refractivity contribution is 5.98. The quantitative estimate of drug-likeness (QED) is 0.789. The van der Waals surface area contributed by atoms with Crippen LogP contribution in [0.4, 0.5) is 0 Å². The smallest absolute Gasteiger partial charge is 0.197 e. The normalized spacial score (nSPS) is 44.6. The van der Waals surface area contributed by atoms with E-state index in [-0.39, 0.29) is 17.6 Å². The van der Waals surface area contributed by atoms with E-state index in [0.717, 1.165) is 41.0 Å². The van der Waals surface area contributed by atoms with Crippen LogP contribution in [0.5, 0.6) is 11.5 Å². The number of aromatic hydroxyl groups is 1. The zero-order valence-electron chi connectivity index (χ0n) is 14.9. The van der Waals surface area contributed by atoms with Gasteiger partial charge in [-0.15, -0.1) is 0 Å². The van der Waals surface area contributed by atoms with Crippen LogP contribution in [0.15, 0.2) is 24.3 Å². The summed E-state index contributed by atoms with van der Waals surface area (Å²) in [5.41, 5.74) is 0.140. The number of carbonyl (C=O) groups excluding carboxylic acids is 1. The number of hydrogen-bond donors (Lipinski definition) is 2. The molecule has 5 atom stereocenters. The average Bonchev–Trinajstić information content (AvgIpc) is 3.32. The number of nitrogens with zero attached hydrogens (tertiary/aromatic N) is 1. The summed E-state index contributed by atoms with van der Waals surface area (Å²) >= 11 is 0. The highest BCUT2D eigenvalue weighted by Gasteiger charge is 2.75. The first-order valence-corrected chi connectivity index (χ1v) is 9.71. The Kier molecular flexibility index (Phi) is 2.54. The fraction of sp³-hybridized carbons (Fsp3) is 0.571. The molecule has 26 heavy (non-hydrogen) atoms. The second-order valence-electron chi connectivity index (χ2n) is 9.28. The standard InChI is InChI=1S/C21H23NO4/c1-22(11-12-2-3-12)9-8-20-17-13-4-5-14(23)18(17)26-19(20)15(24)6-7-21(20,25)16(22)10-13/h4-7,12,16,19,25H,2-3,8-11H2,1H3/p+1/t16-,19-,20+,21-,22?/m1/s1. The largest absolute Gasteiger partial charge is 0.504 e. The van der Waals surface area contributed by atoms with Crippen molar-refractivity contribution in [1.29, 1.82) is 0 Å². The lowest BCUT2D eigenvalue weighted by atomic mass is 9.50. The SMILES string of the molecule is C[N+]1(CC2CC2)CC[C@]23c4c5ccc(O)c4O[C@@H]2C(=O)C=C[C@@]3(O)[C@H]1C5. The number of likely N-dealkylation sites (tertiary alicyclic amines) is 1. The van der Waals surface area contributed by atoms with Gasteiger partial charge >= 0.3 is 0 Å². The summed E-state index contributed by atoms with van der Waals surface area (Å²) in [5.74, 6) is 1.15. The highest BCUT2D eigenvalue weighted by atomic mass is 16.5. The molecule has 3 aliphatic carbocycles. The van der Waals surface area contributed by atoms with Crippen molar-refractivity contribution in [2.75, 3.05) is 20.1 Å². The predicted molar refractivity (Wildman–Crippen MR) is 94.0 cm³/mol. The molecule has 5 aliphatic rings. The zero-order valence-corrected chi connectivity index (χ0v) is 14.9. The lowest BCUT2D eigenvalue weighted by molar-refractivity contribution is -0.949. The molecule has 1 unspecified atom stereocenters. The maximum absolute atomic E-state index is 12.7. The van der Waals surface area contributed by atoms with Crippen LogP contribution in [0.1, 0.15) is 30.4 Å². The van der Waals surface area contributed by atoms with E-state index >= 15 is 0 Å². The van der Waals surface area contributed by atoms with Crippen molar-refractivity contribution in [3.63, 3.8) is 0 Å². The number of phenols is 1. The van der Waals surface area contributed by atoms with Crippen molar-refractivity contribution in [2.45, 2.75) is 48.8 Å². The third-order valence-corrected chi connectivity index (χ3v) is 7.89. The summed E-state index contributed by atoms with van der Waals surface area (Å²) in [5, 5.41) is 22.4. The van der Waals surface area contributed by atoms with Crippen molar-refractivity contribution < 1.29 is 24.2 Å². The van der Waals surface area contributed by atoms with Gasteiger partial charge in [0.25, 0.3) is 0 Å². The second-order valence-corrected chi connectivity index (χ2v) is 9.28. The van der Waals surface area contributed by atoms with Gasteiger partial charge in [-0.2, -0.15) is 0 Å². The maximum Gasteiger partial charge on any atom is 0.197 e. The minimum atomic E-state index is -1.11. The minimum absolute atomic E-state index is 0.00953. The molecule has 2 bridgehead atoms. The topological polar surface area (TPSA) is 66.8 Å². The highest BCUT2D eigenvalue weighted by Crippen LogP contribution is 2.64. The van der Waals surface area contributed by atoms with Crippen LogP contribution in [0, 0.1) is 5.92 Å². The van der Waals surface area contributed by atoms with Gasteiger partial charge in [-0.25, -0.2) is 0 Å². The summed E-state index contributed by atoms with van der Waals surface area (Å²) in [6.45, 7) is 2.02. The number of rotatable bonds is 2. The van der Waals surface area contributed by atoms with E-state index in [1.54, 1.807) is 12.1 Å². The number of benzene rings is 1. The number of ether oxygens (including phenoxy) is 1. The van der Waals surface area contributed by atoms with Gasteiger partial charge in [0.05, 0.1) is 25.6 Å². The van der Waals surface area contributed by atoms with E-state index in [1.807, 2.05) is 6.07 Å². The molecule has 2 fully saturated rings. The van der Waals surface area contributed by atoms with Crippen LogP contribution in [0.25, 0.3) is 0 Å². The first-order chi connectivity index (χ1) is 12.4. The van der Waals surface area contributed by atoms with Crippen LogP contribution in [-0.2, 0) is 16.6 Å². The molecule has 0 aromatic heterocycles. The molecule has 1 saturated carbocycles. The Morgan fingerprint density at radius 1 is 1.35 bits per heavy atom. The number of phenolic OH excluding ortho intramolecular Hbond substituents is 1. The van der Waals surface area contributed by atoms with Gasteiger partial charge in [0.15, 0.2) is 23.4 Å². The first kappa shape index (κ1) is 15.2. The number of piperidine rings is 1. The Balaban J connectivity index is 1.63. The summed E-state index contributed by atoms with van der Waals surface area (Å²) in [6, 6.07) is 3.64. The molecule has 1 aromatic rings. The Labute approximate surface area is 152 Å². The molecule has 1 spiro atoms. The maximum atomic E-state index is 12.7. The van der Waals surface area contributed by atoms with Crippen LogP contribution >= 0.6 is 0 Å². The number of likely N-dealkylation sites (N-methyl/N-ethyl adjacent to an activating group) is 1. The van der Waals surface area contributed by atoms with Crippen molar-refractivity contribution >= 4 is 5.78 Å². The van der Waals surface area contributed by atoms with Crippen molar-refractivity contribution in [3.8, 4) is 11.5 Å². The van der Waals surface area contributed by atoms with Crippen molar-refractivity contribution in [3.05, 3.63) is 35.4 Å². The molecule has 5 heteroatoms. The Morgan fingerprint density at radius 3 is 2.92 bits per heavy atom. The molecule has 0 radical (unpaired) electrons. The molecular formula is C21H24NO4+. The summed E-state index contributed by atoms with van der Waals surface area (Å²) in [4.78, 5) is 12.7. The molecule has 5 nitrogen and oxygen atoms in total. The van der Waals surface area contributed by atoms with E-state index in [2.05, 4.69) is 7.05 Å². The van der Waals surface area contributed by atoms with E-state index in [9.17, 15) is 15.0 Å².